The molecule has 1 heterocycles. The molecule has 0 aliphatic heterocycles. The fraction of sp³-hybridized carbons (Fsp3) is 0.0667. The highest BCUT2D eigenvalue weighted by atomic mass is 19.1. The van der Waals surface area contributed by atoms with E-state index in [1.165, 1.54) is 12.1 Å². The molecule has 0 radical (unpaired) electrons. The van der Waals surface area contributed by atoms with E-state index in [0.29, 0.717) is 16.5 Å². The Morgan fingerprint density at radius 2 is 2.00 bits per heavy atom. The summed E-state index contributed by atoms with van der Waals surface area (Å²) in [5, 5.41) is 0.431. The third-order valence-electron chi connectivity index (χ3n) is 2.85. The molecule has 0 fully saturated rings. The Hall–Kier alpha value is -2.49. The summed E-state index contributed by atoms with van der Waals surface area (Å²) in [6.45, 7) is 1.89. The number of fused-ring (bicyclic) bond motifs is 1. The second kappa shape index (κ2) is 4.31. The number of benzene rings is 2. The fourth-order valence-electron chi connectivity index (χ4n) is 1.93. The molecule has 0 spiro atoms. The average Bonchev–Trinajstić information content (AvgIpc) is 2.39. The molecular weight excluding hydrogens is 245 g/mol. The number of hydrogen-bond acceptors (Lipinski definition) is 3. The van der Waals surface area contributed by atoms with Crippen molar-refractivity contribution in [2.45, 2.75) is 6.92 Å². The largest absolute Gasteiger partial charge is 0.403 e. The van der Waals surface area contributed by atoms with Crippen molar-refractivity contribution in [3.05, 3.63) is 64.3 Å². The summed E-state index contributed by atoms with van der Waals surface area (Å²) in [6, 6.07) is 11.1. The smallest absolute Gasteiger partial charge is 0.347 e. The molecule has 0 aliphatic rings. The standard InChI is InChI=1S/C15H10FNO2/c1-9-5-6-13-12(7-9)15(18)19-14(17-13)10-3-2-4-11(16)8-10/h2-8H,1H3. The van der Waals surface area contributed by atoms with Crippen LogP contribution in [0.5, 0.6) is 0 Å². The van der Waals surface area contributed by atoms with Crippen molar-refractivity contribution < 1.29 is 8.81 Å². The Labute approximate surface area is 108 Å². The van der Waals surface area contributed by atoms with Crippen LogP contribution in [-0.2, 0) is 0 Å². The third kappa shape index (κ3) is 2.12. The van der Waals surface area contributed by atoms with Crippen LogP contribution < -0.4 is 5.63 Å². The van der Waals surface area contributed by atoms with Crippen molar-refractivity contribution in [3.63, 3.8) is 0 Å². The normalized spacial score (nSPS) is 10.8. The maximum absolute atomic E-state index is 13.2. The van der Waals surface area contributed by atoms with Crippen molar-refractivity contribution in [1.82, 2.24) is 4.98 Å². The summed E-state index contributed by atoms with van der Waals surface area (Å²) < 4.78 is 18.3. The molecule has 3 nitrogen and oxygen atoms in total. The molecule has 1 aromatic heterocycles. The molecule has 0 unspecified atom stereocenters. The zero-order chi connectivity index (χ0) is 13.4. The van der Waals surface area contributed by atoms with Crippen LogP contribution in [0, 0.1) is 12.7 Å². The number of aryl methyl sites for hydroxylation is 1. The van der Waals surface area contributed by atoms with Gasteiger partial charge in [0, 0.05) is 5.56 Å². The van der Waals surface area contributed by atoms with E-state index in [9.17, 15) is 9.18 Å². The Morgan fingerprint density at radius 1 is 1.16 bits per heavy atom. The first-order valence-electron chi connectivity index (χ1n) is 5.81. The molecule has 0 N–H and O–H groups in total. The van der Waals surface area contributed by atoms with Crippen molar-refractivity contribution in [1.29, 1.82) is 0 Å². The highest BCUT2D eigenvalue weighted by molar-refractivity contribution is 5.79. The van der Waals surface area contributed by atoms with Crippen LogP contribution in [0.25, 0.3) is 22.4 Å². The minimum absolute atomic E-state index is 0.126. The lowest BCUT2D eigenvalue weighted by Crippen LogP contribution is -2.03. The number of nitrogens with zero attached hydrogens (tertiary/aromatic N) is 1. The van der Waals surface area contributed by atoms with Gasteiger partial charge in [-0.1, -0.05) is 17.7 Å². The summed E-state index contributed by atoms with van der Waals surface area (Å²) in [5.41, 5.74) is 1.48. The maximum atomic E-state index is 13.2. The molecule has 0 bridgehead atoms. The quantitative estimate of drug-likeness (QED) is 0.670. The zero-order valence-corrected chi connectivity index (χ0v) is 10.2. The van der Waals surface area contributed by atoms with E-state index in [2.05, 4.69) is 4.98 Å². The Morgan fingerprint density at radius 3 is 2.79 bits per heavy atom. The molecule has 0 atom stereocenters. The first kappa shape index (κ1) is 11.6. The van der Waals surface area contributed by atoms with Crippen LogP contribution in [0.15, 0.2) is 51.7 Å². The molecule has 0 aliphatic carbocycles. The van der Waals surface area contributed by atoms with E-state index in [0.717, 1.165) is 5.56 Å². The lowest BCUT2D eigenvalue weighted by Gasteiger charge is -2.02. The van der Waals surface area contributed by atoms with Gasteiger partial charge in [0.25, 0.3) is 0 Å². The van der Waals surface area contributed by atoms with E-state index in [4.69, 9.17) is 4.42 Å². The summed E-state index contributed by atoms with van der Waals surface area (Å²) in [4.78, 5) is 16.2. The molecule has 0 saturated carbocycles. The van der Waals surface area contributed by atoms with Gasteiger partial charge in [-0.2, -0.15) is 0 Å². The molecule has 3 aromatic rings. The van der Waals surface area contributed by atoms with E-state index in [-0.39, 0.29) is 5.89 Å². The van der Waals surface area contributed by atoms with Crippen molar-refractivity contribution in [2.24, 2.45) is 0 Å². The lowest BCUT2D eigenvalue weighted by molar-refractivity contribution is 0.517. The second-order valence-corrected chi connectivity index (χ2v) is 4.34. The predicted octanol–water partition coefficient (Wildman–Crippen LogP) is 3.30. The van der Waals surface area contributed by atoms with Gasteiger partial charge in [-0.15, -0.1) is 0 Å². The lowest BCUT2D eigenvalue weighted by atomic mass is 10.1. The first-order chi connectivity index (χ1) is 9.13. The topological polar surface area (TPSA) is 43.1 Å². The molecule has 2 aromatic carbocycles. The maximum Gasteiger partial charge on any atom is 0.347 e. The van der Waals surface area contributed by atoms with E-state index in [1.54, 1.807) is 24.3 Å². The van der Waals surface area contributed by atoms with Gasteiger partial charge < -0.3 is 4.42 Å². The minimum atomic E-state index is -0.465. The number of halogens is 1. The number of hydrogen-bond donors (Lipinski definition) is 0. The van der Waals surface area contributed by atoms with Crippen molar-refractivity contribution >= 4 is 10.9 Å². The van der Waals surface area contributed by atoms with E-state index < -0.39 is 11.4 Å². The molecule has 0 amide bonds. The van der Waals surface area contributed by atoms with Gasteiger partial charge in [0.15, 0.2) is 0 Å². The van der Waals surface area contributed by atoms with Crippen LogP contribution in [0.2, 0.25) is 0 Å². The summed E-state index contributed by atoms with van der Waals surface area (Å²) in [5.74, 6) is -0.271. The molecule has 94 valence electrons. The van der Waals surface area contributed by atoms with Crippen LogP contribution in [0.3, 0.4) is 0 Å². The summed E-state index contributed by atoms with van der Waals surface area (Å²) in [7, 11) is 0. The van der Waals surface area contributed by atoms with Gasteiger partial charge in [-0.25, -0.2) is 14.2 Å². The van der Waals surface area contributed by atoms with Gasteiger partial charge in [0.2, 0.25) is 5.89 Å². The molecule has 19 heavy (non-hydrogen) atoms. The molecular formula is C15H10FNO2. The fourth-order valence-corrected chi connectivity index (χ4v) is 1.93. The third-order valence-corrected chi connectivity index (χ3v) is 2.85. The molecule has 3 rings (SSSR count). The molecule has 4 heteroatoms. The van der Waals surface area contributed by atoms with Gasteiger partial charge in [0.05, 0.1) is 10.9 Å². The Balaban J connectivity index is 2.27. The molecule has 0 saturated heterocycles. The van der Waals surface area contributed by atoms with Crippen LogP contribution in [0.1, 0.15) is 5.56 Å². The SMILES string of the molecule is Cc1ccc2nc(-c3cccc(F)c3)oc(=O)c2c1. The van der Waals surface area contributed by atoms with Crippen LogP contribution >= 0.6 is 0 Å². The monoisotopic (exact) mass is 255 g/mol. The predicted molar refractivity (Wildman–Crippen MR) is 70.4 cm³/mol. The summed E-state index contributed by atoms with van der Waals surface area (Å²) in [6.07, 6.45) is 0. The van der Waals surface area contributed by atoms with E-state index >= 15 is 0 Å². The van der Waals surface area contributed by atoms with Crippen LogP contribution in [0.4, 0.5) is 4.39 Å². The van der Waals surface area contributed by atoms with E-state index in [1.807, 2.05) is 13.0 Å². The Bertz CT molecular complexity index is 824. The second-order valence-electron chi connectivity index (χ2n) is 4.34. The van der Waals surface area contributed by atoms with Crippen molar-refractivity contribution in [2.75, 3.05) is 0 Å². The average molecular weight is 255 g/mol. The van der Waals surface area contributed by atoms with Gasteiger partial charge >= 0.3 is 5.63 Å². The highest BCUT2D eigenvalue weighted by Gasteiger charge is 2.09. The van der Waals surface area contributed by atoms with Crippen LogP contribution in [-0.4, -0.2) is 4.98 Å². The number of aromatic nitrogens is 1. The summed E-state index contributed by atoms with van der Waals surface area (Å²) >= 11 is 0. The first-order valence-corrected chi connectivity index (χ1v) is 5.81. The Kier molecular flexibility index (Phi) is 2.63. The van der Waals surface area contributed by atoms with Gasteiger partial charge in [-0.3, -0.25) is 0 Å². The van der Waals surface area contributed by atoms with Crippen molar-refractivity contribution in [3.8, 4) is 11.5 Å². The number of rotatable bonds is 1. The minimum Gasteiger partial charge on any atom is -0.403 e. The highest BCUT2D eigenvalue weighted by Crippen LogP contribution is 2.19. The van der Waals surface area contributed by atoms with Gasteiger partial charge in [0.1, 0.15) is 5.82 Å². The zero-order valence-electron chi connectivity index (χ0n) is 10.2. The van der Waals surface area contributed by atoms with Gasteiger partial charge in [-0.05, 0) is 37.3 Å².